The Labute approximate surface area is 237 Å². The first-order valence-corrected chi connectivity index (χ1v) is 13.1. The Bertz CT molecular complexity index is 1640. The van der Waals surface area contributed by atoms with Crippen molar-refractivity contribution >= 4 is 40.1 Å². The molecule has 204 valence electrons. The van der Waals surface area contributed by atoms with Gasteiger partial charge < -0.3 is 14.8 Å². The second-order valence-electron chi connectivity index (χ2n) is 9.53. The number of ketones is 1. The molecule has 4 aromatic rings. The van der Waals surface area contributed by atoms with Crippen molar-refractivity contribution in [3.63, 3.8) is 0 Å². The van der Waals surface area contributed by atoms with Crippen LogP contribution in [0.25, 0.3) is 10.9 Å². The molecule has 9 heteroatoms. The van der Waals surface area contributed by atoms with E-state index in [1.165, 1.54) is 24.0 Å². The van der Waals surface area contributed by atoms with Gasteiger partial charge in [-0.15, -0.1) is 0 Å². The van der Waals surface area contributed by atoms with Gasteiger partial charge in [-0.05, 0) is 63.1 Å². The normalized spacial score (nSPS) is 10.8. The summed E-state index contributed by atoms with van der Waals surface area (Å²) in [4.78, 5) is 44.1. The maximum Gasteiger partial charge on any atom is 0.243 e. The second kappa shape index (κ2) is 12.6. The molecule has 0 aliphatic rings. The molecule has 2 aromatic carbocycles. The Kier molecular flexibility index (Phi) is 8.97. The van der Waals surface area contributed by atoms with Crippen molar-refractivity contribution in [1.82, 2.24) is 19.8 Å². The van der Waals surface area contributed by atoms with E-state index >= 15 is 0 Å². The number of hydrogen-bond acceptors (Lipinski definition) is 4. The highest BCUT2D eigenvalue weighted by Crippen LogP contribution is 2.24. The Morgan fingerprint density at radius 1 is 1.10 bits per heavy atom. The summed E-state index contributed by atoms with van der Waals surface area (Å²) in [6.07, 6.45) is 3.32. The summed E-state index contributed by atoms with van der Waals surface area (Å²) in [7, 11) is 0. The topological polar surface area (TPSA) is 84.3 Å². The molecular weight excluding hydrogens is 531 g/mol. The number of nitrogens with zero attached hydrogens (tertiary/aromatic N) is 3. The van der Waals surface area contributed by atoms with E-state index in [1.807, 2.05) is 50.2 Å². The van der Waals surface area contributed by atoms with Crippen LogP contribution in [0, 0.1) is 17.7 Å². The van der Waals surface area contributed by atoms with Crippen LogP contribution in [0.2, 0.25) is 5.02 Å². The van der Waals surface area contributed by atoms with Crippen LogP contribution >= 0.6 is 11.6 Å². The zero-order valence-corrected chi connectivity index (χ0v) is 23.1. The highest BCUT2D eigenvalue weighted by molar-refractivity contribution is 6.30. The first-order chi connectivity index (χ1) is 19.1. The Morgan fingerprint density at radius 3 is 2.60 bits per heavy atom. The molecular formula is C31H28ClFN4O3. The fraction of sp³-hybridized carbons (Fsp3) is 0.226. The van der Waals surface area contributed by atoms with Crippen molar-refractivity contribution in [1.29, 1.82) is 0 Å². The van der Waals surface area contributed by atoms with Gasteiger partial charge in [0, 0.05) is 52.6 Å². The molecule has 0 aliphatic heterocycles. The van der Waals surface area contributed by atoms with E-state index in [-0.39, 0.29) is 48.0 Å². The summed E-state index contributed by atoms with van der Waals surface area (Å²) in [6, 6.07) is 15.2. The van der Waals surface area contributed by atoms with Crippen LogP contribution in [0.5, 0.6) is 0 Å². The number of amides is 2. The second-order valence-corrected chi connectivity index (χ2v) is 9.94. The third kappa shape index (κ3) is 6.74. The highest BCUT2D eigenvalue weighted by atomic mass is 35.5. The number of pyridine rings is 1. The summed E-state index contributed by atoms with van der Waals surface area (Å²) in [5.74, 6) is 4.62. The van der Waals surface area contributed by atoms with Crippen LogP contribution in [-0.4, -0.2) is 44.6 Å². The largest absolute Gasteiger partial charge is 0.350 e. The summed E-state index contributed by atoms with van der Waals surface area (Å²) in [5, 5.41) is 3.31. The SMILES string of the molecule is CC(=O)c1cn(CC(=O)N(CC(=O)NCc2cccc(Cl)c2F)C(C)C)c2ccc(C#Cc3ccccn3)cc12. The Morgan fingerprint density at radius 2 is 1.90 bits per heavy atom. The van der Waals surface area contributed by atoms with Crippen molar-refractivity contribution < 1.29 is 18.8 Å². The van der Waals surface area contributed by atoms with Gasteiger partial charge >= 0.3 is 0 Å². The third-order valence-corrected chi connectivity index (χ3v) is 6.62. The average Bonchev–Trinajstić information content (AvgIpc) is 3.29. The van der Waals surface area contributed by atoms with E-state index in [0.717, 1.165) is 0 Å². The van der Waals surface area contributed by atoms with Gasteiger partial charge in [0.15, 0.2) is 5.78 Å². The smallest absolute Gasteiger partial charge is 0.243 e. The minimum atomic E-state index is -0.590. The van der Waals surface area contributed by atoms with Gasteiger partial charge in [-0.3, -0.25) is 14.4 Å². The van der Waals surface area contributed by atoms with E-state index in [9.17, 15) is 18.8 Å². The molecule has 2 aromatic heterocycles. The summed E-state index contributed by atoms with van der Waals surface area (Å²) in [6.45, 7) is 4.76. The number of hydrogen-bond donors (Lipinski definition) is 1. The molecule has 0 spiro atoms. The van der Waals surface area contributed by atoms with Gasteiger partial charge in [-0.1, -0.05) is 35.7 Å². The van der Waals surface area contributed by atoms with Crippen LogP contribution in [0.4, 0.5) is 4.39 Å². The minimum absolute atomic E-state index is 0.0259. The number of nitrogens with one attached hydrogen (secondary N) is 1. The summed E-state index contributed by atoms with van der Waals surface area (Å²) >= 11 is 5.81. The van der Waals surface area contributed by atoms with Crippen molar-refractivity contribution in [2.24, 2.45) is 0 Å². The number of halogens is 2. The molecule has 0 atom stereocenters. The first kappa shape index (κ1) is 28.5. The number of Topliss-reactive ketones (excluding diaryl/α,β-unsaturated/α-hetero) is 1. The molecule has 4 rings (SSSR count). The van der Waals surface area contributed by atoms with Gasteiger partial charge in [-0.2, -0.15) is 0 Å². The van der Waals surface area contributed by atoms with Gasteiger partial charge in [0.05, 0.1) is 11.6 Å². The quantitative estimate of drug-likeness (QED) is 0.244. The lowest BCUT2D eigenvalue weighted by Gasteiger charge is -2.26. The zero-order chi connectivity index (χ0) is 28.8. The lowest BCUT2D eigenvalue weighted by molar-refractivity contribution is -0.138. The van der Waals surface area contributed by atoms with E-state index in [4.69, 9.17) is 11.6 Å². The van der Waals surface area contributed by atoms with Crippen LogP contribution < -0.4 is 5.32 Å². The molecule has 7 nitrogen and oxygen atoms in total. The molecule has 0 aliphatic carbocycles. The van der Waals surface area contributed by atoms with Crippen LogP contribution in [0.1, 0.15) is 48.0 Å². The number of fused-ring (bicyclic) bond motifs is 1. The van der Waals surface area contributed by atoms with Crippen LogP contribution in [0.15, 0.2) is 67.0 Å². The van der Waals surface area contributed by atoms with Crippen molar-refractivity contribution in [2.45, 2.75) is 39.9 Å². The van der Waals surface area contributed by atoms with Crippen LogP contribution in [0.3, 0.4) is 0 Å². The van der Waals surface area contributed by atoms with E-state index in [1.54, 1.807) is 23.0 Å². The lowest BCUT2D eigenvalue weighted by Crippen LogP contribution is -2.45. The molecule has 1 N–H and O–H groups in total. The Balaban J connectivity index is 1.51. The molecule has 0 radical (unpaired) electrons. The number of rotatable bonds is 8. The summed E-state index contributed by atoms with van der Waals surface area (Å²) < 4.78 is 15.9. The van der Waals surface area contributed by atoms with Crippen LogP contribution in [-0.2, 0) is 22.7 Å². The third-order valence-electron chi connectivity index (χ3n) is 6.33. The lowest BCUT2D eigenvalue weighted by atomic mass is 10.1. The first-order valence-electron chi connectivity index (χ1n) is 12.7. The number of benzene rings is 2. The number of carbonyl (C=O) groups excluding carboxylic acids is 3. The van der Waals surface area contributed by atoms with E-state index in [2.05, 4.69) is 22.1 Å². The van der Waals surface area contributed by atoms with Gasteiger partial charge in [0.25, 0.3) is 0 Å². The molecule has 2 heterocycles. The molecule has 0 bridgehead atoms. The van der Waals surface area contributed by atoms with Gasteiger partial charge in [-0.25, -0.2) is 9.37 Å². The molecule has 40 heavy (non-hydrogen) atoms. The predicted molar refractivity (Wildman–Crippen MR) is 152 cm³/mol. The highest BCUT2D eigenvalue weighted by Gasteiger charge is 2.22. The predicted octanol–water partition coefficient (Wildman–Crippen LogP) is 4.98. The number of carbonyl (C=O) groups is 3. The Hall–Kier alpha value is -4.48. The maximum atomic E-state index is 14.2. The monoisotopic (exact) mass is 558 g/mol. The fourth-order valence-electron chi connectivity index (χ4n) is 4.24. The zero-order valence-electron chi connectivity index (χ0n) is 22.4. The molecule has 0 fully saturated rings. The van der Waals surface area contributed by atoms with Crippen molar-refractivity contribution in [3.8, 4) is 11.8 Å². The van der Waals surface area contributed by atoms with Gasteiger partial charge in [0.1, 0.15) is 18.1 Å². The van der Waals surface area contributed by atoms with E-state index in [0.29, 0.717) is 27.7 Å². The minimum Gasteiger partial charge on any atom is -0.350 e. The average molecular weight is 559 g/mol. The van der Waals surface area contributed by atoms with E-state index < -0.39 is 11.7 Å². The van der Waals surface area contributed by atoms with Crippen molar-refractivity contribution in [3.05, 3.63) is 100 Å². The van der Waals surface area contributed by atoms with Gasteiger partial charge in [0.2, 0.25) is 11.8 Å². The molecule has 0 unspecified atom stereocenters. The fourth-order valence-corrected chi connectivity index (χ4v) is 4.44. The summed E-state index contributed by atoms with van der Waals surface area (Å²) in [5.41, 5.74) is 2.77. The number of aromatic nitrogens is 2. The molecule has 2 amide bonds. The van der Waals surface area contributed by atoms with Crippen molar-refractivity contribution in [2.75, 3.05) is 6.54 Å². The molecule has 0 saturated carbocycles. The standard InChI is InChI=1S/C31H28ClFN4O3/c1-20(2)37(18-29(39)35-16-23-7-6-9-27(32)31(23)33)30(40)19-36-17-26(21(3)38)25-15-22(11-13-28(25)36)10-12-24-8-4-5-14-34-24/h4-9,11,13-15,17,20H,16,18-19H2,1-3H3,(H,35,39). The maximum absolute atomic E-state index is 14.2. The molecule has 0 saturated heterocycles.